The van der Waals surface area contributed by atoms with Crippen molar-refractivity contribution in [1.82, 2.24) is 10.3 Å². The van der Waals surface area contributed by atoms with Crippen LogP contribution in [0.15, 0.2) is 12.3 Å². The maximum Gasteiger partial charge on any atom is 0.253 e. The van der Waals surface area contributed by atoms with E-state index in [0.29, 0.717) is 10.6 Å². The molecule has 5 heteroatoms. The highest BCUT2D eigenvalue weighted by Gasteiger charge is 2.46. The summed E-state index contributed by atoms with van der Waals surface area (Å²) in [4.78, 5) is 15.6. The number of pyridine rings is 1. The largest absolute Gasteiger partial charge is 0.382 e. The second-order valence-electron chi connectivity index (χ2n) is 4.81. The SMILES string of the molecule is CC1(C)CC1NC(=O)c1cnc(N)c(Cl)c1. The number of nitrogens with one attached hydrogen (secondary N) is 1. The molecule has 3 N–H and O–H groups in total. The third-order valence-electron chi connectivity index (χ3n) is 2.95. The van der Waals surface area contributed by atoms with Gasteiger partial charge in [0.25, 0.3) is 5.91 Å². The summed E-state index contributed by atoms with van der Waals surface area (Å²) in [6.07, 6.45) is 2.45. The molecule has 1 aliphatic rings. The fourth-order valence-electron chi connectivity index (χ4n) is 1.53. The van der Waals surface area contributed by atoms with Crippen LogP contribution in [-0.4, -0.2) is 16.9 Å². The summed E-state index contributed by atoms with van der Waals surface area (Å²) in [5, 5.41) is 3.24. The highest BCUT2D eigenvalue weighted by molar-refractivity contribution is 6.33. The van der Waals surface area contributed by atoms with E-state index >= 15 is 0 Å². The number of anilines is 1. The molecule has 1 amide bonds. The molecule has 4 nitrogen and oxygen atoms in total. The van der Waals surface area contributed by atoms with E-state index in [1.54, 1.807) is 0 Å². The average Bonchev–Trinajstić information content (AvgIpc) is 2.78. The molecular formula is C11H14ClN3O. The second-order valence-corrected chi connectivity index (χ2v) is 5.22. The zero-order valence-corrected chi connectivity index (χ0v) is 10.0. The molecule has 16 heavy (non-hydrogen) atoms. The van der Waals surface area contributed by atoms with Gasteiger partial charge in [-0.2, -0.15) is 0 Å². The van der Waals surface area contributed by atoms with Gasteiger partial charge in [0.2, 0.25) is 0 Å². The van der Waals surface area contributed by atoms with Gasteiger partial charge in [-0.3, -0.25) is 4.79 Å². The lowest BCUT2D eigenvalue weighted by Gasteiger charge is -2.07. The topological polar surface area (TPSA) is 68.0 Å². The van der Waals surface area contributed by atoms with E-state index in [2.05, 4.69) is 24.1 Å². The van der Waals surface area contributed by atoms with Crippen LogP contribution < -0.4 is 11.1 Å². The van der Waals surface area contributed by atoms with Gasteiger partial charge in [0.1, 0.15) is 5.82 Å². The number of nitrogen functional groups attached to an aromatic ring is 1. The highest BCUT2D eigenvalue weighted by atomic mass is 35.5. The predicted molar refractivity (Wildman–Crippen MR) is 63.3 cm³/mol. The van der Waals surface area contributed by atoms with Crippen LogP contribution in [0.4, 0.5) is 5.82 Å². The summed E-state index contributed by atoms with van der Waals surface area (Å²) in [5.41, 5.74) is 6.13. The maximum atomic E-state index is 11.8. The molecular weight excluding hydrogens is 226 g/mol. The highest BCUT2D eigenvalue weighted by Crippen LogP contribution is 2.44. The van der Waals surface area contributed by atoms with Gasteiger partial charge in [0.15, 0.2) is 0 Å². The molecule has 1 atom stereocenters. The molecule has 2 rings (SSSR count). The number of hydrogen-bond acceptors (Lipinski definition) is 3. The molecule has 0 saturated heterocycles. The number of carbonyl (C=O) groups is 1. The van der Waals surface area contributed by atoms with Gasteiger partial charge >= 0.3 is 0 Å². The van der Waals surface area contributed by atoms with Gasteiger partial charge in [-0.05, 0) is 17.9 Å². The molecule has 1 aliphatic carbocycles. The lowest BCUT2D eigenvalue weighted by Crippen LogP contribution is -2.28. The number of nitrogens with two attached hydrogens (primary N) is 1. The molecule has 1 aromatic rings. The van der Waals surface area contributed by atoms with Crippen molar-refractivity contribution in [3.8, 4) is 0 Å². The summed E-state index contributed by atoms with van der Waals surface area (Å²) in [6.45, 7) is 4.23. The van der Waals surface area contributed by atoms with Crippen LogP contribution >= 0.6 is 11.6 Å². The number of hydrogen-bond donors (Lipinski definition) is 2. The van der Waals surface area contributed by atoms with E-state index in [4.69, 9.17) is 17.3 Å². The molecule has 1 fully saturated rings. The summed E-state index contributed by atoms with van der Waals surface area (Å²) in [6, 6.07) is 1.78. The Morgan fingerprint density at radius 3 is 2.81 bits per heavy atom. The number of halogens is 1. The number of carbonyl (C=O) groups excluding carboxylic acids is 1. The van der Waals surface area contributed by atoms with Crippen molar-refractivity contribution in [1.29, 1.82) is 0 Å². The molecule has 1 saturated carbocycles. The van der Waals surface area contributed by atoms with E-state index in [-0.39, 0.29) is 23.2 Å². The Kier molecular flexibility index (Phi) is 2.54. The first-order chi connectivity index (χ1) is 7.40. The standard InChI is InChI=1S/C11H14ClN3O/c1-11(2)4-8(11)15-10(16)6-3-7(12)9(13)14-5-6/h3,5,8H,4H2,1-2H3,(H2,13,14)(H,15,16). The Bertz CT molecular complexity index is 445. The quantitative estimate of drug-likeness (QED) is 0.828. The Balaban J connectivity index is 2.07. The molecule has 1 heterocycles. The molecule has 0 radical (unpaired) electrons. The van der Waals surface area contributed by atoms with Gasteiger partial charge in [0, 0.05) is 12.2 Å². The monoisotopic (exact) mass is 239 g/mol. The normalized spacial score (nSPS) is 21.6. The predicted octanol–water partition coefficient (Wildman–Crippen LogP) is 1.85. The average molecular weight is 240 g/mol. The number of aromatic nitrogens is 1. The van der Waals surface area contributed by atoms with Gasteiger partial charge in [-0.1, -0.05) is 25.4 Å². The van der Waals surface area contributed by atoms with Crippen molar-refractivity contribution < 1.29 is 4.79 Å². The second kappa shape index (κ2) is 3.63. The first-order valence-electron chi connectivity index (χ1n) is 5.12. The van der Waals surface area contributed by atoms with Crippen LogP contribution in [0.3, 0.4) is 0 Å². The molecule has 0 bridgehead atoms. The number of rotatable bonds is 2. The van der Waals surface area contributed by atoms with Crippen LogP contribution in [0.5, 0.6) is 0 Å². The number of nitrogens with zero attached hydrogens (tertiary/aromatic N) is 1. The van der Waals surface area contributed by atoms with Crippen LogP contribution in [0.1, 0.15) is 30.6 Å². The summed E-state index contributed by atoms with van der Waals surface area (Å²) in [7, 11) is 0. The fraction of sp³-hybridized carbons (Fsp3) is 0.455. The lowest BCUT2D eigenvalue weighted by molar-refractivity contribution is 0.0946. The van der Waals surface area contributed by atoms with Crippen molar-refractivity contribution in [3.05, 3.63) is 22.8 Å². The first kappa shape index (κ1) is 11.2. The number of amides is 1. The van der Waals surface area contributed by atoms with Crippen molar-refractivity contribution in [2.45, 2.75) is 26.3 Å². The minimum Gasteiger partial charge on any atom is -0.382 e. The summed E-state index contributed by atoms with van der Waals surface area (Å²) in [5.74, 6) is 0.0925. The van der Waals surface area contributed by atoms with Crippen molar-refractivity contribution in [3.63, 3.8) is 0 Å². The maximum absolute atomic E-state index is 11.8. The van der Waals surface area contributed by atoms with Crippen molar-refractivity contribution in [2.24, 2.45) is 5.41 Å². The molecule has 1 aromatic heterocycles. The van der Waals surface area contributed by atoms with Crippen molar-refractivity contribution in [2.75, 3.05) is 5.73 Å². The molecule has 0 aliphatic heterocycles. The Morgan fingerprint density at radius 2 is 2.31 bits per heavy atom. The Morgan fingerprint density at radius 1 is 1.69 bits per heavy atom. The van der Waals surface area contributed by atoms with Crippen LogP contribution in [0.2, 0.25) is 5.02 Å². The zero-order chi connectivity index (χ0) is 11.9. The Hall–Kier alpha value is -1.29. The van der Waals surface area contributed by atoms with E-state index < -0.39 is 0 Å². The summed E-state index contributed by atoms with van der Waals surface area (Å²) >= 11 is 5.80. The van der Waals surface area contributed by atoms with Crippen LogP contribution in [0, 0.1) is 5.41 Å². The molecule has 0 spiro atoms. The fourth-order valence-corrected chi connectivity index (χ4v) is 1.69. The van der Waals surface area contributed by atoms with Crippen LogP contribution in [-0.2, 0) is 0 Å². The van der Waals surface area contributed by atoms with Gasteiger partial charge in [-0.25, -0.2) is 4.98 Å². The Labute approximate surface area is 99.2 Å². The van der Waals surface area contributed by atoms with E-state index in [1.807, 2.05) is 0 Å². The molecule has 86 valence electrons. The van der Waals surface area contributed by atoms with Crippen molar-refractivity contribution >= 4 is 23.3 Å². The van der Waals surface area contributed by atoms with Gasteiger partial charge in [-0.15, -0.1) is 0 Å². The van der Waals surface area contributed by atoms with E-state index in [0.717, 1.165) is 6.42 Å². The minimum absolute atomic E-state index is 0.148. The van der Waals surface area contributed by atoms with E-state index in [1.165, 1.54) is 12.3 Å². The molecule has 0 aromatic carbocycles. The zero-order valence-electron chi connectivity index (χ0n) is 9.25. The van der Waals surface area contributed by atoms with Crippen LogP contribution in [0.25, 0.3) is 0 Å². The lowest BCUT2D eigenvalue weighted by atomic mass is 10.2. The smallest absolute Gasteiger partial charge is 0.253 e. The van der Waals surface area contributed by atoms with Gasteiger partial charge < -0.3 is 11.1 Å². The third-order valence-corrected chi connectivity index (χ3v) is 3.25. The third kappa shape index (κ3) is 2.11. The minimum atomic E-state index is -0.148. The molecule has 1 unspecified atom stereocenters. The van der Waals surface area contributed by atoms with Gasteiger partial charge in [0.05, 0.1) is 10.6 Å². The van der Waals surface area contributed by atoms with E-state index in [9.17, 15) is 4.79 Å². The first-order valence-corrected chi connectivity index (χ1v) is 5.50. The summed E-state index contributed by atoms with van der Waals surface area (Å²) < 4.78 is 0.